The lowest BCUT2D eigenvalue weighted by atomic mass is 10.3. The molecule has 5 heteroatoms. The number of nitrogens with zero attached hydrogens (tertiary/aromatic N) is 1. The van der Waals surface area contributed by atoms with E-state index in [2.05, 4.69) is 5.16 Å². The predicted octanol–water partition coefficient (Wildman–Crippen LogP) is 3.00. The van der Waals surface area contributed by atoms with Crippen LogP contribution >= 0.6 is 11.8 Å². The molecule has 2 aromatic rings. The molecule has 0 fully saturated rings. The van der Waals surface area contributed by atoms with E-state index in [4.69, 9.17) is 10.3 Å². The first-order valence-corrected chi connectivity index (χ1v) is 5.73. The minimum Gasteiger partial charge on any atom is -0.399 e. The van der Waals surface area contributed by atoms with Crippen molar-refractivity contribution in [1.82, 2.24) is 5.16 Å². The van der Waals surface area contributed by atoms with Gasteiger partial charge in [-0.1, -0.05) is 5.16 Å². The maximum atomic E-state index is 13.0. The second kappa shape index (κ2) is 4.57. The molecule has 0 aliphatic rings. The van der Waals surface area contributed by atoms with Gasteiger partial charge in [-0.15, -0.1) is 11.8 Å². The number of nitrogens with two attached hydrogens (primary N) is 1. The molecule has 0 aliphatic carbocycles. The highest BCUT2D eigenvalue weighted by molar-refractivity contribution is 7.98. The van der Waals surface area contributed by atoms with Crippen LogP contribution in [0, 0.1) is 12.7 Å². The van der Waals surface area contributed by atoms with Gasteiger partial charge in [-0.2, -0.15) is 0 Å². The summed E-state index contributed by atoms with van der Waals surface area (Å²) in [6.45, 7) is 1.86. The highest BCUT2D eigenvalue weighted by atomic mass is 32.2. The Bertz CT molecular complexity index is 478. The van der Waals surface area contributed by atoms with Crippen LogP contribution in [0.15, 0.2) is 33.7 Å². The van der Waals surface area contributed by atoms with Gasteiger partial charge in [-0.05, 0) is 25.1 Å². The first kappa shape index (κ1) is 11.0. The Morgan fingerprint density at radius 2 is 2.19 bits per heavy atom. The average Bonchev–Trinajstić information content (AvgIpc) is 2.60. The van der Waals surface area contributed by atoms with Crippen LogP contribution in [0.3, 0.4) is 0 Å². The highest BCUT2D eigenvalue weighted by Crippen LogP contribution is 2.25. The molecule has 1 aromatic heterocycles. The summed E-state index contributed by atoms with van der Waals surface area (Å²) in [4.78, 5) is 0.784. The fraction of sp³-hybridized carbons (Fsp3) is 0.182. The molecule has 0 atom stereocenters. The van der Waals surface area contributed by atoms with Crippen molar-refractivity contribution in [3.8, 4) is 0 Å². The number of halogens is 1. The first-order chi connectivity index (χ1) is 7.63. The number of anilines is 1. The van der Waals surface area contributed by atoms with E-state index in [9.17, 15) is 4.39 Å². The largest absolute Gasteiger partial charge is 0.399 e. The van der Waals surface area contributed by atoms with E-state index in [0.29, 0.717) is 11.4 Å². The van der Waals surface area contributed by atoms with Gasteiger partial charge >= 0.3 is 0 Å². The van der Waals surface area contributed by atoms with Crippen molar-refractivity contribution in [2.45, 2.75) is 17.6 Å². The fourth-order valence-electron chi connectivity index (χ4n) is 1.31. The van der Waals surface area contributed by atoms with Crippen LogP contribution in [0.4, 0.5) is 10.1 Å². The number of hydrogen-bond donors (Lipinski definition) is 1. The predicted molar refractivity (Wildman–Crippen MR) is 61.6 cm³/mol. The van der Waals surface area contributed by atoms with E-state index in [-0.39, 0.29) is 5.82 Å². The molecule has 0 unspecified atom stereocenters. The maximum Gasteiger partial charge on any atom is 0.147 e. The lowest BCUT2D eigenvalue weighted by Gasteiger charge is -2.01. The Morgan fingerprint density at radius 1 is 1.38 bits per heavy atom. The topological polar surface area (TPSA) is 52.0 Å². The van der Waals surface area contributed by atoms with Gasteiger partial charge < -0.3 is 10.3 Å². The van der Waals surface area contributed by atoms with Crippen LogP contribution in [-0.4, -0.2) is 5.16 Å². The first-order valence-electron chi connectivity index (χ1n) is 4.74. The molecule has 0 saturated heterocycles. The number of nitrogen functional groups attached to an aromatic ring is 1. The summed E-state index contributed by atoms with van der Waals surface area (Å²) in [5.74, 6) is 1.06. The monoisotopic (exact) mass is 238 g/mol. The SMILES string of the molecule is Cc1cc(CSc2cc(N)cc(F)c2)on1. The normalized spacial score (nSPS) is 10.6. The minimum absolute atomic E-state index is 0.323. The van der Waals surface area contributed by atoms with Gasteiger partial charge in [-0.3, -0.25) is 0 Å². The number of aryl methyl sites for hydroxylation is 1. The van der Waals surface area contributed by atoms with Gasteiger partial charge in [0.15, 0.2) is 0 Å². The number of thioether (sulfide) groups is 1. The van der Waals surface area contributed by atoms with Gasteiger partial charge in [0.1, 0.15) is 11.6 Å². The third kappa shape index (κ3) is 2.76. The molecule has 0 amide bonds. The van der Waals surface area contributed by atoms with Crippen molar-refractivity contribution in [3.63, 3.8) is 0 Å². The summed E-state index contributed by atoms with van der Waals surface area (Å²) >= 11 is 1.46. The lowest BCUT2D eigenvalue weighted by molar-refractivity contribution is 0.391. The molecule has 16 heavy (non-hydrogen) atoms. The standard InChI is InChI=1S/C11H11FN2OS/c1-7-2-10(15-14-7)6-16-11-4-8(12)3-9(13)5-11/h2-5H,6,13H2,1H3. The maximum absolute atomic E-state index is 13.0. The number of rotatable bonds is 3. The van der Waals surface area contributed by atoms with Gasteiger partial charge in [0.2, 0.25) is 0 Å². The number of benzene rings is 1. The van der Waals surface area contributed by atoms with Gasteiger partial charge in [0, 0.05) is 16.6 Å². The molecule has 0 bridgehead atoms. The molecule has 3 nitrogen and oxygen atoms in total. The van der Waals surface area contributed by atoms with Crippen LogP contribution in [-0.2, 0) is 5.75 Å². The molecule has 1 aromatic carbocycles. The van der Waals surface area contributed by atoms with E-state index in [1.165, 1.54) is 23.9 Å². The van der Waals surface area contributed by atoms with Crippen molar-refractivity contribution < 1.29 is 8.91 Å². The van der Waals surface area contributed by atoms with E-state index in [1.807, 2.05) is 13.0 Å². The summed E-state index contributed by atoms with van der Waals surface area (Å²) < 4.78 is 18.1. The van der Waals surface area contributed by atoms with E-state index in [0.717, 1.165) is 16.3 Å². The van der Waals surface area contributed by atoms with E-state index < -0.39 is 0 Å². The van der Waals surface area contributed by atoms with Crippen molar-refractivity contribution in [2.24, 2.45) is 0 Å². The zero-order valence-electron chi connectivity index (χ0n) is 8.74. The smallest absolute Gasteiger partial charge is 0.147 e. The van der Waals surface area contributed by atoms with Crippen LogP contribution in [0.2, 0.25) is 0 Å². The fourth-order valence-corrected chi connectivity index (χ4v) is 2.17. The molecular weight excluding hydrogens is 227 g/mol. The lowest BCUT2D eigenvalue weighted by Crippen LogP contribution is -1.87. The molecule has 84 valence electrons. The third-order valence-electron chi connectivity index (χ3n) is 1.95. The van der Waals surface area contributed by atoms with Crippen LogP contribution in [0.25, 0.3) is 0 Å². The molecular formula is C11H11FN2OS. The molecule has 0 aliphatic heterocycles. The molecule has 1 heterocycles. The second-order valence-electron chi connectivity index (χ2n) is 3.44. The summed E-state index contributed by atoms with van der Waals surface area (Å²) in [5, 5.41) is 3.78. The van der Waals surface area contributed by atoms with E-state index in [1.54, 1.807) is 6.07 Å². The van der Waals surface area contributed by atoms with Crippen LogP contribution in [0.5, 0.6) is 0 Å². The number of aromatic nitrogens is 1. The molecule has 2 N–H and O–H groups in total. The summed E-state index contributed by atoms with van der Waals surface area (Å²) in [6.07, 6.45) is 0. The van der Waals surface area contributed by atoms with Crippen molar-refractivity contribution in [1.29, 1.82) is 0 Å². The Labute approximate surface area is 96.8 Å². The van der Waals surface area contributed by atoms with Gasteiger partial charge in [0.25, 0.3) is 0 Å². The Morgan fingerprint density at radius 3 is 2.81 bits per heavy atom. The third-order valence-corrected chi connectivity index (χ3v) is 2.95. The average molecular weight is 238 g/mol. The molecule has 0 radical (unpaired) electrons. The summed E-state index contributed by atoms with van der Waals surface area (Å²) in [6, 6.07) is 6.33. The highest BCUT2D eigenvalue weighted by Gasteiger charge is 2.03. The summed E-state index contributed by atoms with van der Waals surface area (Å²) in [5.41, 5.74) is 6.81. The molecule has 2 rings (SSSR count). The second-order valence-corrected chi connectivity index (χ2v) is 4.49. The van der Waals surface area contributed by atoms with Crippen LogP contribution < -0.4 is 5.73 Å². The summed E-state index contributed by atoms with van der Waals surface area (Å²) in [7, 11) is 0. The Hall–Kier alpha value is -1.49. The van der Waals surface area contributed by atoms with Gasteiger partial charge in [0.05, 0.1) is 11.4 Å². The van der Waals surface area contributed by atoms with Crippen molar-refractivity contribution in [2.75, 3.05) is 5.73 Å². The van der Waals surface area contributed by atoms with Crippen molar-refractivity contribution >= 4 is 17.4 Å². The quantitative estimate of drug-likeness (QED) is 0.659. The minimum atomic E-state index is -0.323. The zero-order valence-corrected chi connectivity index (χ0v) is 9.55. The Balaban J connectivity index is 2.04. The molecule has 0 saturated carbocycles. The Kier molecular flexibility index (Phi) is 3.14. The van der Waals surface area contributed by atoms with Crippen molar-refractivity contribution in [3.05, 3.63) is 41.5 Å². The molecule has 0 spiro atoms. The zero-order chi connectivity index (χ0) is 11.5. The number of hydrogen-bond acceptors (Lipinski definition) is 4. The van der Waals surface area contributed by atoms with Crippen LogP contribution in [0.1, 0.15) is 11.5 Å². The van der Waals surface area contributed by atoms with E-state index >= 15 is 0 Å². The van der Waals surface area contributed by atoms with Gasteiger partial charge in [-0.25, -0.2) is 4.39 Å².